The average molecular weight is 190 g/mol. The van der Waals surface area contributed by atoms with E-state index in [-0.39, 0.29) is 0 Å². The van der Waals surface area contributed by atoms with Crippen molar-refractivity contribution in [1.82, 2.24) is 15.1 Å². The first-order valence-corrected chi connectivity index (χ1v) is 5.02. The molecule has 2 rings (SSSR count). The number of nitrogens with zero attached hydrogens (tertiary/aromatic N) is 3. The van der Waals surface area contributed by atoms with Gasteiger partial charge in [-0.05, 0) is 31.8 Å². The molecule has 0 aromatic carbocycles. The van der Waals surface area contributed by atoms with Crippen molar-refractivity contribution in [3.63, 3.8) is 0 Å². The fourth-order valence-electron chi connectivity index (χ4n) is 1.82. The summed E-state index contributed by atoms with van der Waals surface area (Å²) in [5, 5.41) is 16.1. The molecule has 1 aromatic heterocycles. The third kappa shape index (κ3) is 2.12. The normalized spacial score (nSPS) is 20.9. The third-order valence-corrected chi connectivity index (χ3v) is 2.69. The van der Waals surface area contributed by atoms with Crippen molar-refractivity contribution in [1.29, 1.82) is 5.26 Å². The van der Waals surface area contributed by atoms with E-state index in [2.05, 4.69) is 16.5 Å². The lowest BCUT2D eigenvalue weighted by Gasteiger charge is -2.07. The van der Waals surface area contributed by atoms with Gasteiger partial charge in [0.25, 0.3) is 0 Å². The molecule has 2 heterocycles. The topological polar surface area (TPSA) is 53.6 Å². The first kappa shape index (κ1) is 9.22. The zero-order chi connectivity index (χ0) is 9.80. The number of hydrogen-bond donors (Lipinski definition) is 1. The largest absolute Gasteiger partial charge is 0.316 e. The summed E-state index contributed by atoms with van der Waals surface area (Å²) in [6.45, 7) is 3.20. The summed E-state index contributed by atoms with van der Waals surface area (Å²) < 4.78 is 1.86. The molecule has 0 bridgehead atoms. The molecule has 4 heteroatoms. The Morgan fingerprint density at radius 1 is 1.71 bits per heavy atom. The molecule has 14 heavy (non-hydrogen) atoms. The molecule has 0 amide bonds. The van der Waals surface area contributed by atoms with Crippen LogP contribution in [0.1, 0.15) is 18.4 Å². The number of nitriles is 1. The smallest absolute Gasteiger partial charge is 0.102 e. The van der Waals surface area contributed by atoms with Gasteiger partial charge in [-0.3, -0.25) is 4.68 Å². The van der Waals surface area contributed by atoms with Crippen LogP contribution in [-0.2, 0) is 6.54 Å². The van der Waals surface area contributed by atoms with Gasteiger partial charge >= 0.3 is 0 Å². The zero-order valence-corrected chi connectivity index (χ0v) is 8.11. The van der Waals surface area contributed by atoms with Crippen LogP contribution in [0.15, 0.2) is 12.4 Å². The van der Waals surface area contributed by atoms with Crippen molar-refractivity contribution in [2.24, 2.45) is 5.92 Å². The van der Waals surface area contributed by atoms with E-state index in [4.69, 9.17) is 5.26 Å². The summed E-state index contributed by atoms with van der Waals surface area (Å²) in [5.74, 6) is 0.782. The van der Waals surface area contributed by atoms with Gasteiger partial charge in [0.05, 0.1) is 11.8 Å². The van der Waals surface area contributed by atoms with E-state index < -0.39 is 0 Å². The standard InChI is InChI=1S/C10H14N4/c11-5-10-7-13-14(8-10)4-2-9-1-3-12-6-9/h7-9,12H,1-4,6H2. The lowest BCUT2D eigenvalue weighted by Crippen LogP contribution is -2.11. The Kier molecular flexibility index (Phi) is 2.80. The fourth-order valence-corrected chi connectivity index (χ4v) is 1.82. The molecule has 1 unspecified atom stereocenters. The Bertz CT molecular complexity index is 330. The van der Waals surface area contributed by atoms with Gasteiger partial charge in [0.2, 0.25) is 0 Å². The summed E-state index contributed by atoms with van der Waals surface area (Å²) in [5.41, 5.74) is 0.648. The maximum atomic E-state index is 8.62. The molecular formula is C10H14N4. The minimum Gasteiger partial charge on any atom is -0.316 e. The van der Waals surface area contributed by atoms with Gasteiger partial charge in [0, 0.05) is 12.7 Å². The molecule has 1 aliphatic rings. The predicted octanol–water partition coefficient (Wildman–Crippen LogP) is 0.754. The highest BCUT2D eigenvalue weighted by Crippen LogP contribution is 2.12. The molecule has 4 nitrogen and oxygen atoms in total. The lowest BCUT2D eigenvalue weighted by atomic mass is 10.1. The summed E-state index contributed by atoms with van der Waals surface area (Å²) in [6.07, 6.45) is 5.85. The van der Waals surface area contributed by atoms with Gasteiger partial charge in [-0.1, -0.05) is 0 Å². The Hall–Kier alpha value is -1.34. The van der Waals surface area contributed by atoms with Crippen LogP contribution in [0.4, 0.5) is 0 Å². The Morgan fingerprint density at radius 3 is 3.29 bits per heavy atom. The first-order valence-electron chi connectivity index (χ1n) is 5.02. The number of hydrogen-bond acceptors (Lipinski definition) is 3. The molecule has 1 aliphatic heterocycles. The van der Waals surface area contributed by atoms with Crippen molar-refractivity contribution < 1.29 is 0 Å². The molecule has 0 spiro atoms. The summed E-state index contributed by atoms with van der Waals surface area (Å²) >= 11 is 0. The minimum absolute atomic E-state index is 0.648. The minimum atomic E-state index is 0.648. The van der Waals surface area contributed by atoms with Gasteiger partial charge in [-0.2, -0.15) is 10.4 Å². The second-order valence-electron chi connectivity index (χ2n) is 3.75. The molecular weight excluding hydrogens is 176 g/mol. The SMILES string of the molecule is N#Cc1cnn(CCC2CCNC2)c1. The Morgan fingerprint density at radius 2 is 2.64 bits per heavy atom. The maximum absolute atomic E-state index is 8.62. The second-order valence-corrected chi connectivity index (χ2v) is 3.75. The van der Waals surface area contributed by atoms with Crippen LogP contribution >= 0.6 is 0 Å². The molecule has 0 saturated carbocycles. The fraction of sp³-hybridized carbons (Fsp3) is 0.600. The van der Waals surface area contributed by atoms with Crippen LogP contribution in [0, 0.1) is 17.2 Å². The summed E-state index contributed by atoms with van der Waals surface area (Å²) in [6, 6.07) is 2.08. The van der Waals surface area contributed by atoms with Gasteiger partial charge in [-0.15, -0.1) is 0 Å². The molecule has 0 aliphatic carbocycles. The lowest BCUT2D eigenvalue weighted by molar-refractivity contribution is 0.458. The van der Waals surface area contributed by atoms with E-state index in [9.17, 15) is 0 Å². The van der Waals surface area contributed by atoms with Crippen LogP contribution in [0.2, 0.25) is 0 Å². The van der Waals surface area contributed by atoms with E-state index in [0.717, 1.165) is 32.0 Å². The van der Waals surface area contributed by atoms with Gasteiger partial charge in [0.1, 0.15) is 6.07 Å². The van der Waals surface area contributed by atoms with Gasteiger partial charge < -0.3 is 5.32 Å². The molecule has 1 saturated heterocycles. The van der Waals surface area contributed by atoms with Gasteiger partial charge in [-0.25, -0.2) is 0 Å². The van der Waals surface area contributed by atoms with Crippen LogP contribution in [0.3, 0.4) is 0 Å². The van der Waals surface area contributed by atoms with Crippen LogP contribution in [0.25, 0.3) is 0 Å². The van der Waals surface area contributed by atoms with Crippen molar-refractivity contribution in [3.8, 4) is 6.07 Å². The maximum Gasteiger partial charge on any atom is 0.102 e. The van der Waals surface area contributed by atoms with E-state index >= 15 is 0 Å². The molecule has 74 valence electrons. The van der Waals surface area contributed by atoms with E-state index in [1.54, 1.807) is 6.20 Å². The number of aryl methyl sites for hydroxylation is 1. The molecule has 0 radical (unpaired) electrons. The van der Waals surface area contributed by atoms with E-state index in [0.29, 0.717) is 5.56 Å². The molecule has 1 fully saturated rings. The third-order valence-electron chi connectivity index (χ3n) is 2.69. The highest BCUT2D eigenvalue weighted by atomic mass is 15.3. The summed E-state index contributed by atoms with van der Waals surface area (Å²) in [7, 11) is 0. The van der Waals surface area contributed by atoms with Crippen LogP contribution in [-0.4, -0.2) is 22.9 Å². The highest BCUT2D eigenvalue weighted by molar-refractivity contribution is 5.21. The Labute approximate surface area is 83.5 Å². The number of aromatic nitrogens is 2. The second kappa shape index (κ2) is 4.25. The highest BCUT2D eigenvalue weighted by Gasteiger charge is 2.13. The van der Waals surface area contributed by atoms with Crippen molar-refractivity contribution in [3.05, 3.63) is 18.0 Å². The van der Waals surface area contributed by atoms with Crippen molar-refractivity contribution in [2.45, 2.75) is 19.4 Å². The molecule has 1 N–H and O–H groups in total. The quantitative estimate of drug-likeness (QED) is 0.765. The Balaban J connectivity index is 1.82. The van der Waals surface area contributed by atoms with E-state index in [1.165, 1.54) is 6.42 Å². The van der Waals surface area contributed by atoms with Crippen LogP contribution < -0.4 is 5.32 Å². The average Bonchev–Trinajstić information content (AvgIpc) is 2.86. The van der Waals surface area contributed by atoms with Crippen molar-refractivity contribution >= 4 is 0 Å². The monoisotopic (exact) mass is 190 g/mol. The van der Waals surface area contributed by atoms with Gasteiger partial charge in [0.15, 0.2) is 0 Å². The zero-order valence-electron chi connectivity index (χ0n) is 8.11. The summed E-state index contributed by atoms with van der Waals surface area (Å²) in [4.78, 5) is 0. The number of nitrogens with one attached hydrogen (secondary N) is 1. The van der Waals surface area contributed by atoms with Crippen molar-refractivity contribution in [2.75, 3.05) is 13.1 Å². The predicted molar refractivity (Wildman–Crippen MR) is 52.5 cm³/mol. The van der Waals surface area contributed by atoms with E-state index in [1.807, 2.05) is 10.9 Å². The first-order chi connectivity index (χ1) is 6.88. The number of rotatable bonds is 3. The molecule has 1 aromatic rings. The molecule has 1 atom stereocenters. The van der Waals surface area contributed by atoms with Crippen LogP contribution in [0.5, 0.6) is 0 Å².